The Bertz CT molecular complexity index is 1600. The van der Waals surface area contributed by atoms with E-state index in [4.69, 9.17) is 4.74 Å². The summed E-state index contributed by atoms with van der Waals surface area (Å²) in [6.07, 6.45) is 4.33. The maximum absolute atomic E-state index is 14.3. The topological polar surface area (TPSA) is 171 Å². The van der Waals surface area contributed by atoms with Crippen LogP contribution in [0.5, 0.6) is 0 Å². The Hall–Kier alpha value is -4.17. The monoisotopic (exact) mass is 785 g/mol. The molecule has 13 nitrogen and oxygen atoms in total. The fraction of sp³-hybridized carbons (Fsp3) is 0.634. The number of rotatable bonds is 19. The molecule has 1 aromatic heterocycles. The first-order chi connectivity index (χ1) is 25.3. The van der Waals surface area contributed by atoms with Gasteiger partial charge in [-0.2, -0.15) is 0 Å². The van der Waals surface area contributed by atoms with E-state index in [0.717, 1.165) is 9.78 Å². The molecule has 1 aliphatic heterocycles. The highest BCUT2D eigenvalue weighted by Crippen LogP contribution is 2.32. The third-order valence-electron chi connectivity index (χ3n) is 9.53. The predicted molar refractivity (Wildman–Crippen MR) is 214 cm³/mol. The lowest BCUT2D eigenvalue weighted by Crippen LogP contribution is -2.61. The van der Waals surface area contributed by atoms with Crippen molar-refractivity contribution in [2.45, 2.75) is 137 Å². The average Bonchev–Trinajstić information content (AvgIpc) is 3.73. The number of ketones is 1. The number of nitrogens with one attached hydrogen (secondary N) is 3. The summed E-state index contributed by atoms with van der Waals surface area (Å²) in [7, 11) is 3.37. The van der Waals surface area contributed by atoms with Crippen molar-refractivity contribution in [3.05, 3.63) is 46.2 Å². The number of Topliss-reactive ketones (excluding diaryl/α,β-unsaturated/α-hetero) is 1. The van der Waals surface area contributed by atoms with Gasteiger partial charge in [0, 0.05) is 54.5 Å². The normalized spacial score (nSPS) is 16.1. The molecule has 0 radical (unpaired) electrons. The van der Waals surface area contributed by atoms with Gasteiger partial charge in [0.1, 0.15) is 23.5 Å². The Morgan fingerprint density at radius 2 is 1.53 bits per heavy atom. The molecule has 2 heterocycles. The Balaban J connectivity index is 2.23. The average molecular weight is 786 g/mol. The molecule has 0 bridgehead atoms. The van der Waals surface area contributed by atoms with Crippen LogP contribution in [0.2, 0.25) is 0 Å². The van der Waals surface area contributed by atoms with E-state index < -0.39 is 64.3 Å². The molecule has 0 aromatic carbocycles. The van der Waals surface area contributed by atoms with Gasteiger partial charge >= 0.3 is 5.97 Å². The summed E-state index contributed by atoms with van der Waals surface area (Å²) in [5, 5.41) is 10.9. The molecule has 0 unspecified atom stereocenters. The molecule has 14 heteroatoms. The fourth-order valence-corrected chi connectivity index (χ4v) is 7.21. The molecule has 0 spiro atoms. The van der Waals surface area contributed by atoms with Crippen LogP contribution >= 0.6 is 11.3 Å². The SMILES string of the molecule is CN[C@H](C(=O)N[C@H](C(=O)N(C)[C@H](/C=C(\C)C(=O)N[C@H](CCC(=O)CCCN1C(=O)C=CC1=O)C(=O)OC(C)(C)C)C(C)C)C(C)(C)C)C(C)(C)c1cccs1. The van der Waals surface area contributed by atoms with Gasteiger partial charge < -0.3 is 25.6 Å². The molecule has 5 amide bonds. The second-order valence-electron chi connectivity index (χ2n) is 17.2. The molecule has 306 valence electrons. The number of carbonyl (C=O) groups excluding carboxylic acids is 7. The van der Waals surface area contributed by atoms with E-state index in [1.165, 1.54) is 12.2 Å². The highest BCUT2D eigenvalue weighted by Gasteiger charge is 2.42. The summed E-state index contributed by atoms with van der Waals surface area (Å²) in [5.41, 5.74) is -1.83. The molecular formula is C41H63N5O8S. The lowest BCUT2D eigenvalue weighted by atomic mass is 9.80. The minimum atomic E-state index is -1.14. The van der Waals surface area contributed by atoms with E-state index in [9.17, 15) is 33.6 Å². The number of carbonyl (C=O) groups is 7. The van der Waals surface area contributed by atoms with Crippen molar-refractivity contribution in [2.75, 3.05) is 20.6 Å². The molecule has 0 fully saturated rings. The number of nitrogens with zero attached hydrogens (tertiary/aromatic N) is 2. The molecule has 1 aromatic rings. The van der Waals surface area contributed by atoms with Crippen molar-refractivity contribution >= 4 is 52.6 Å². The Morgan fingerprint density at radius 1 is 0.927 bits per heavy atom. The van der Waals surface area contributed by atoms with Crippen LogP contribution < -0.4 is 16.0 Å². The Morgan fingerprint density at radius 3 is 2.02 bits per heavy atom. The van der Waals surface area contributed by atoms with Gasteiger partial charge in [-0.25, -0.2) is 4.79 Å². The molecule has 3 N–H and O–H groups in total. The van der Waals surface area contributed by atoms with Crippen molar-refractivity contribution in [3.8, 4) is 0 Å². The zero-order valence-electron chi connectivity index (χ0n) is 35.0. The molecular weight excluding hydrogens is 723 g/mol. The zero-order chi connectivity index (χ0) is 42.1. The van der Waals surface area contributed by atoms with Crippen LogP contribution in [0, 0.1) is 11.3 Å². The molecule has 0 aliphatic carbocycles. The minimum absolute atomic E-state index is 0.0221. The van der Waals surface area contributed by atoms with E-state index in [0.29, 0.717) is 0 Å². The first-order valence-corrected chi connectivity index (χ1v) is 19.7. The van der Waals surface area contributed by atoms with E-state index in [-0.39, 0.29) is 61.3 Å². The molecule has 0 saturated heterocycles. The molecule has 1 aliphatic rings. The summed E-state index contributed by atoms with van der Waals surface area (Å²) in [4.78, 5) is 95.0. The second kappa shape index (κ2) is 19.6. The number of likely N-dealkylation sites (N-methyl/N-ethyl adjacent to an activating group) is 2. The highest BCUT2D eigenvalue weighted by atomic mass is 32.1. The van der Waals surface area contributed by atoms with Crippen LogP contribution in [0.4, 0.5) is 0 Å². The van der Waals surface area contributed by atoms with Gasteiger partial charge in [-0.15, -0.1) is 11.3 Å². The van der Waals surface area contributed by atoms with Crippen LogP contribution in [0.1, 0.15) is 107 Å². The minimum Gasteiger partial charge on any atom is -0.458 e. The highest BCUT2D eigenvalue weighted by molar-refractivity contribution is 7.10. The van der Waals surface area contributed by atoms with Gasteiger partial charge in [-0.3, -0.25) is 33.7 Å². The third kappa shape index (κ3) is 13.5. The van der Waals surface area contributed by atoms with Crippen LogP contribution in [0.25, 0.3) is 0 Å². The summed E-state index contributed by atoms with van der Waals surface area (Å²) in [5.74, 6) is -3.08. The maximum Gasteiger partial charge on any atom is 0.329 e. The van der Waals surface area contributed by atoms with Crippen LogP contribution in [-0.4, -0.2) is 101 Å². The van der Waals surface area contributed by atoms with Crippen LogP contribution in [-0.2, 0) is 43.7 Å². The lowest BCUT2D eigenvalue weighted by molar-refractivity contribution is -0.158. The summed E-state index contributed by atoms with van der Waals surface area (Å²) in [6.45, 7) is 20.3. The first kappa shape index (κ1) is 47.0. The van der Waals surface area contributed by atoms with Gasteiger partial charge in [0.2, 0.25) is 17.7 Å². The van der Waals surface area contributed by atoms with E-state index in [1.807, 2.05) is 66.0 Å². The smallest absolute Gasteiger partial charge is 0.329 e. The number of thiophene rings is 1. The van der Waals surface area contributed by atoms with Crippen molar-refractivity contribution in [2.24, 2.45) is 11.3 Å². The summed E-state index contributed by atoms with van der Waals surface area (Å²) >= 11 is 1.56. The van der Waals surface area contributed by atoms with Gasteiger partial charge in [0.05, 0.1) is 12.1 Å². The Kier molecular flexibility index (Phi) is 16.8. The largest absolute Gasteiger partial charge is 0.458 e. The standard InChI is InChI=1S/C41H63N5O8S/c1-25(2)29(45(13)37(52)34(39(4,5)6)44-36(51)33(42-12)41(10,11)30-17-15-23-55-30)24-26(3)35(50)43-28(38(53)54-40(7,8)9)19-18-27(47)16-14-22-46-31(48)20-21-32(46)49/h15,17,20-21,23-25,28-29,33-34,42H,14,16,18-19,22H2,1-13H3,(H,43,50)(H,44,51)/b26-24+/t28-,29-,33-,34-/m1/s1. The zero-order valence-corrected chi connectivity index (χ0v) is 35.8. The van der Waals surface area contributed by atoms with E-state index >= 15 is 0 Å². The van der Waals surface area contributed by atoms with Gasteiger partial charge in [0.15, 0.2) is 0 Å². The van der Waals surface area contributed by atoms with Crippen LogP contribution in [0.3, 0.4) is 0 Å². The fourth-order valence-electron chi connectivity index (χ4n) is 6.33. The van der Waals surface area contributed by atoms with Crippen molar-refractivity contribution < 1.29 is 38.3 Å². The lowest BCUT2D eigenvalue weighted by Gasteiger charge is -2.39. The van der Waals surface area contributed by atoms with Crippen molar-refractivity contribution in [3.63, 3.8) is 0 Å². The van der Waals surface area contributed by atoms with Crippen molar-refractivity contribution in [1.82, 2.24) is 25.8 Å². The molecule has 4 atom stereocenters. The molecule has 0 saturated carbocycles. The first-order valence-electron chi connectivity index (χ1n) is 18.9. The summed E-state index contributed by atoms with van der Waals surface area (Å²) < 4.78 is 5.57. The number of hydrogen-bond acceptors (Lipinski definition) is 10. The third-order valence-corrected chi connectivity index (χ3v) is 10.7. The number of hydrogen-bond donors (Lipinski definition) is 3. The van der Waals surface area contributed by atoms with Gasteiger partial charge in [0.25, 0.3) is 11.8 Å². The number of imide groups is 1. The van der Waals surface area contributed by atoms with Gasteiger partial charge in [-0.05, 0) is 70.4 Å². The molecule has 2 rings (SSSR count). The van der Waals surface area contributed by atoms with Crippen LogP contribution in [0.15, 0.2) is 41.3 Å². The van der Waals surface area contributed by atoms with E-state index in [1.54, 1.807) is 64.1 Å². The van der Waals surface area contributed by atoms with Crippen molar-refractivity contribution in [1.29, 1.82) is 0 Å². The number of ether oxygens (including phenoxy) is 1. The number of amides is 5. The number of esters is 1. The Labute approximate surface area is 331 Å². The quantitative estimate of drug-likeness (QED) is 0.104. The predicted octanol–water partition coefficient (Wildman–Crippen LogP) is 4.45. The second-order valence-corrected chi connectivity index (χ2v) is 18.1. The van der Waals surface area contributed by atoms with E-state index in [2.05, 4.69) is 16.0 Å². The maximum atomic E-state index is 14.3. The molecule has 55 heavy (non-hydrogen) atoms. The summed E-state index contributed by atoms with van der Waals surface area (Å²) in [6, 6.07) is 0.705. The van der Waals surface area contributed by atoms with Gasteiger partial charge in [-0.1, -0.05) is 60.6 Å².